The average molecular weight is 509 g/mol. The molecule has 1 saturated heterocycles. The topological polar surface area (TPSA) is 84.0 Å². The van der Waals surface area contributed by atoms with E-state index in [0.29, 0.717) is 6.54 Å². The van der Waals surface area contributed by atoms with E-state index in [1.807, 2.05) is 31.2 Å². The minimum absolute atomic E-state index is 0.0122. The number of piperazine rings is 1. The number of unbranched alkanes of at least 4 members (excludes halogenated alkanes) is 1. The van der Waals surface area contributed by atoms with Crippen molar-refractivity contribution in [2.75, 3.05) is 26.7 Å². The highest BCUT2D eigenvalue weighted by molar-refractivity contribution is 9.10. The molecular formula is C22H25BrN2O5S. The third-order valence-corrected chi connectivity index (χ3v) is 7.68. The van der Waals surface area contributed by atoms with E-state index in [0.717, 1.165) is 32.7 Å². The van der Waals surface area contributed by atoms with Crippen LogP contribution in [-0.4, -0.2) is 62.3 Å². The number of hydrogen-bond acceptors (Lipinski definition) is 5. The molecule has 0 aromatic heterocycles. The van der Waals surface area contributed by atoms with Crippen molar-refractivity contribution in [1.82, 2.24) is 9.21 Å². The van der Waals surface area contributed by atoms with E-state index in [1.165, 1.54) is 24.1 Å². The lowest BCUT2D eigenvalue weighted by molar-refractivity contribution is -0.151. The first kappa shape index (κ1) is 23.4. The molecule has 0 radical (unpaired) electrons. The SMILES string of the molecule is CCCCN1CC(C(=O)OC)N(S(=O)(=O)c2ccc(-c3ccc(Br)cc3)cc2)CC1=O. The zero-order valence-corrected chi connectivity index (χ0v) is 19.9. The fraction of sp³-hybridized carbons (Fsp3) is 0.364. The van der Waals surface area contributed by atoms with Crippen LogP contribution in [0.1, 0.15) is 19.8 Å². The van der Waals surface area contributed by atoms with E-state index in [4.69, 9.17) is 4.74 Å². The molecule has 1 atom stereocenters. The Morgan fingerprint density at radius 2 is 1.68 bits per heavy atom. The standard InChI is InChI=1S/C22H25BrN2O5S/c1-3-4-13-24-14-20(22(27)30-2)25(15-21(24)26)31(28,29)19-11-7-17(8-12-19)16-5-9-18(23)10-6-16/h5-12,20H,3-4,13-15H2,1-2H3. The van der Waals surface area contributed by atoms with Gasteiger partial charge in [-0.25, -0.2) is 8.42 Å². The number of carbonyl (C=O) groups is 2. The number of ether oxygens (including phenoxy) is 1. The van der Waals surface area contributed by atoms with Gasteiger partial charge in [0, 0.05) is 17.6 Å². The second-order valence-electron chi connectivity index (χ2n) is 7.31. The van der Waals surface area contributed by atoms with Gasteiger partial charge in [-0.3, -0.25) is 9.59 Å². The van der Waals surface area contributed by atoms with Gasteiger partial charge in [0.2, 0.25) is 15.9 Å². The molecule has 1 unspecified atom stereocenters. The number of nitrogens with zero attached hydrogens (tertiary/aromatic N) is 2. The van der Waals surface area contributed by atoms with Gasteiger partial charge in [0.1, 0.15) is 6.04 Å². The first-order valence-corrected chi connectivity index (χ1v) is 12.2. The first-order valence-electron chi connectivity index (χ1n) is 10.0. The van der Waals surface area contributed by atoms with Gasteiger partial charge in [-0.2, -0.15) is 4.31 Å². The van der Waals surface area contributed by atoms with Gasteiger partial charge >= 0.3 is 5.97 Å². The molecule has 0 aliphatic carbocycles. The van der Waals surface area contributed by atoms with Crippen molar-refractivity contribution < 1.29 is 22.7 Å². The summed E-state index contributed by atoms with van der Waals surface area (Å²) in [6.45, 7) is 2.08. The zero-order chi connectivity index (χ0) is 22.6. The highest BCUT2D eigenvalue weighted by atomic mass is 79.9. The predicted molar refractivity (Wildman–Crippen MR) is 121 cm³/mol. The lowest BCUT2D eigenvalue weighted by Gasteiger charge is -2.38. The summed E-state index contributed by atoms with van der Waals surface area (Å²) in [4.78, 5) is 26.5. The predicted octanol–water partition coefficient (Wildman–Crippen LogP) is 3.29. The largest absolute Gasteiger partial charge is 0.468 e. The summed E-state index contributed by atoms with van der Waals surface area (Å²) >= 11 is 3.39. The number of methoxy groups -OCH3 is 1. The molecule has 2 aromatic rings. The fourth-order valence-electron chi connectivity index (χ4n) is 3.49. The van der Waals surface area contributed by atoms with Crippen molar-refractivity contribution in [3.8, 4) is 11.1 Å². The van der Waals surface area contributed by atoms with Gasteiger partial charge in [0.05, 0.1) is 18.6 Å². The highest BCUT2D eigenvalue weighted by Crippen LogP contribution is 2.27. The Hall–Kier alpha value is -2.23. The fourth-order valence-corrected chi connectivity index (χ4v) is 5.27. The Morgan fingerprint density at radius 1 is 1.10 bits per heavy atom. The van der Waals surface area contributed by atoms with Crippen molar-refractivity contribution in [2.24, 2.45) is 0 Å². The molecule has 31 heavy (non-hydrogen) atoms. The number of halogens is 1. The van der Waals surface area contributed by atoms with E-state index in [-0.39, 0.29) is 23.9 Å². The summed E-state index contributed by atoms with van der Waals surface area (Å²) < 4.78 is 33.4. The maximum Gasteiger partial charge on any atom is 0.326 e. The molecule has 3 rings (SSSR count). The molecule has 7 nitrogen and oxygen atoms in total. The van der Waals surface area contributed by atoms with Gasteiger partial charge in [-0.05, 0) is 41.8 Å². The average Bonchev–Trinajstić information content (AvgIpc) is 2.78. The molecule has 1 aliphatic rings. The molecule has 0 N–H and O–H groups in total. The highest BCUT2D eigenvalue weighted by Gasteiger charge is 2.43. The van der Waals surface area contributed by atoms with Gasteiger partial charge in [-0.1, -0.05) is 53.5 Å². The number of hydrogen-bond donors (Lipinski definition) is 0. The Bertz CT molecular complexity index is 1040. The molecule has 9 heteroatoms. The van der Waals surface area contributed by atoms with Crippen LogP contribution < -0.4 is 0 Å². The quantitative estimate of drug-likeness (QED) is 0.535. The first-order chi connectivity index (χ1) is 14.8. The van der Waals surface area contributed by atoms with Crippen LogP contribution >= 0.6 is 15.9 Å². The second kappa shape index (κ2) is 9.93. The maximum atomic E-state index is 13.3. The van der Waals surface area contributed by atoms with Crippen molar-refractivity contribution in [2.45, 2.75) is 30.7 Å². The van der Waals surface area contributed by atoms with Crippen LogP contribution in [0.4, 0.5) is 0 Å². The van der Waals surface area contributed by atoms with Crippen molar-refractivity contribution in [3.63, 3.8) is 0 Å². The van der Waals surface area contributed by atoms with E-state index in [2.05, 4.69) is 15.9 Å². The normalized spacial score (nSPS) is 17.6. The molecule has 0 bridgehead atoms. The molecule has 1 aliphatic heterocycles. The summed E-state index contributed by atoms with van der Waals surface area (Å²) in [6, 6.07) is 13.0. The van der Waals surface area contributed by atoms with Crippen LogP contribution in [0.2, 0.25) is 0 Å². The van der Waals surface area contributed by atoms with Crippen LogP contribution in [0.25, 0.3) is 11.1 Å². The second-order valence-corrected chi connectivity index (χ2v) is 10.1. The molecule has 2 aromatic carbocycles. The minimum atomic E-state index is -4.07. The summed E-state index contributed by atoms with van der Waals surface area (Å²) in [5.41, 5.74) is 1.80. The van der Waals surface area contributed by atoms with Crippen LogP contribution in [0.5, 0.6) is 0 Å². The summed E-state index contributed by atoms with van der Waals surface area (Å²) in [7, 11) is -2.86. The van der Waals surface area contributed by atoms with Crippen LogP contribution in [0.15, 0.2) is 57.9 Å². The Kier molecular flexibility index (Phi) is 7.51. The molecule has 1 heterocycles. The Labute approximate surface area is 191 Å². The lowest BCUT2D eigenvalue weighted by atomic mass is 10.1. The molecular weight excluding hydrogens is 484 g/mol. The summed E-state index contributed by atoms with van der Waals surface area (Å²) in [5.74, 6) is -0.993. The summed E-state index contributed by atoms with van der Waals surface area (Å²) in [5, 5.41) is 0. The van der Waals surface area contributed by atoms with Gasteiger partial charge in [-0.15, -0.1) is 0 Å². The smallest absolute Gasteiger partial charge is 0.326 e. The molecule has 1 amide bonds. The van der Waals surface area contributed by atoms with Gasteiger partial charge in [0.25, 0.3) is 0 Å². The van der Waals surface area contributed by atoms with E-state index >= 15 is 0 Å². The third kappa shape index (κ3) is 5.16. The van der Waals surface area contributed by atoms with Crippen molar-refractivity contribution in [3.05, 3.63) is 53.0 Å². The van der Waals surface area contributed by atoms with E-state index in [1.54, 1.807) is 12.1 Å². The number of esters is 1. The van der Waals surface area contributed by atoms with Crippen LogP contribution in [-0.2, 0) is 24.3 Å². The Morgan fingerprint density at radius 3 is 2.23 bits per heavy atom. The summed E-state index contributed by atoms with van der Waals surface area (Å²) in [6.07, 6.45) is 1.67. The van der Waals surface area contributed by atoms with Crippen molar-refractivity contribution >= 4 is 37.8 Å². The number of rotatable bonds is 7. The number of sulfonamides is 1. The maximum absolute atomic E-state index is 13.3. The van der Waals surface area contributed by atoms with Crippen LogP contribution in [0.3, 0.4) is 0 Å². The minimum Gasteiger partial charge on any atom is -0.468 e. The van der Waals surface area contributed by atoms with Gasteiger partial charge in [0.15, 0.2) is 0 Å². The zero-order valence-electron chi connectivity index (χ0n) is 17.5. The molecule has 166 valence electrons. The van der Waals surface area contributed by atoms with Crippen LogP contribution in [0, 0.1) is 0 Å². The third-order valence-electron chi connectivity index (χ3n) is 5.28. The lowest BCUT2D eigenvalue weighted by Crippen LogP contribution is -2.60. The molecule has 1 fully saturated rings. The van der Waals surface area contributed by atoms with Crippen molar-refractivity contribution in [1.29, 1.82) is 0 Å². The van der Waals surface area contributed by atoms with E-state index < -0.39 is 22.0 Å². The number of benzene rings is 2. The number of carbonyl (C=O) groups excluding carboxylic acids is 2. The van der Waals surface area contributed by atoms with E-state index in [9.17, 15) is 18.0 Å². The van der Waals surface area contributed by atoms with Gasteiger partial charge < -0.3 is 9.64 Å². The molecule has 0 spiro atoms. The molecule has 0 saturated carbocycles. The Balaban J connectivity index is 1.88. The monoisotopic (exact) mass is 508 g/mol. The number of amides is 1.